The average Bonchev–Trinajstić information content (AvgIpc) is 1.96. The molecule has 0 aromatic carbocycles. The fourth-order valence-corrected chi connectivity index (χ4v) is 1.64. The van der Waals surface area contributed by atoms with Gasteiger partial charge in [-0.2, -0.15) is 5.26 Å². The molecule has 0 amide bonds. The van der Waals surface area contributed by atoms with Crippen LogP contribution in [-0.2, 0) is 0 Å². The molecule has 2 nitrogen and oxygen atoms in total. The van der Waals surface area contributed by atoms with Crippen molar-refractivity contribution >= 4 is 0 Å². The Morgan fingerprint density at radius 3 is 2.58 bits per heavy atom. The lowest BCUT2D eigenvalue weighted by Gasteiger charge is -2.33. The summed E-state index contributed by atoms with van der Waals surface area (Å²) in [5.41, 5.74) is 0. The van der Waals surface area contributed by atoms with Crippen molar-refractivity contribution in [3.63, 3.8) is 0 Å². The molecule has 2 unspecified atom stereocenters. The lowest BCUT2D eigenvalue weighted by molar-refractivity contribution is 0.233. The monoisotopic (exact) mass is 166 g/mol. The zero-order valence-electron chi connectivity index (χ0n) is 8.01. The minimum atomic E-state index is 0.0561. The number of nitrogens with one attached hydrogen (secondary N) is 1. The maximum atomic E-state index is 8.73. The zero-order chi connectivity index (χ0) is 8.97. The van der Waals surface area contributed by atoms with Gasteiger partial charge in [-0.15, -0.1) is 0 Å². The van der Waals surface area contributed by atoms with E-state index in [0.29, 0.717) is 6.04 Å². The van der Waals surface area contributed by atoms with Crippen molar-refractivity contribution in [1.82, 2.24) is 5.32 Å². The predicted octanol–water partition coefficient (Wildman–Crippen LogP) is 2.07. The van der Waals surface area contributed by atoms with Crippen LogP contribution in [0.1, 0.15) is 39.5 Å². The largest absolute Gasteiger partial charge is 0.299 e. The molecule has 2 atom stereocenters. The van der Waals surface area contributed by atoms with Crippen molar-refractivity contribution in [1.29, 1.82) is 5.26 Å². The second kappa shape index (κ2) is 4.47. The first kappa shape index (κ1) is 9.54. The molecule has 1 aliphatic rings. The average molecular weight is 166 g/mol. The third-order valence-corrected chi connectivity index (χ3v) is 2.89. The Morgan fingerprint density at radius 2 is 2.25 bits per heavy atom. The molecular weight excluding hydrogens is 148 g/mol. The first-order valence-electron chi connectivity index (χ1n) is 4.93. The zero-order valence-corrected chi connectivity index (χ0v) is 8.01. The van der Waals surface area contributed by atoms with Crippen molar-refractivity contribution in [2.75, 3.05) is 0 Å². The van der Waals surface area contributed by atoms with E-state index in [4.69, 9.17) is 5.26 Å². The van der Waals surface area contributed by atoms with Gasteiger partial charge in [-0.1, -0.05) is 13.3 Å². The minimum Gasteiger partial charge on any atom is -0.299 e. The molecule has 1 fully saturated rings. The van der Waals surface area contributed by atoms with E-state index in [9.17, 15) is 0 Å². The van der Waals surface area contributed by atoms with Gasteiger partial charge in [0.15, 0.2) is 0 Å². The van der Waals surface area contributed by atoms with E-state index >= 15 is 0 Å². The lowest BCUT2D eigenvalue weighted by Crippen LogP contribution is -2.42. The highest BCUT2D eigenvalue weighted by atomic mass is 14.9. The van der Waals surface area contributed by atoms with Crippen LogP contribution in [0.2, 0.25) is 0 Å². The normalized spacial score (nSPS) is 22.4. The number of nitriles is 1. The Labute approximate surface area is 75.0 Å². The Morgan fingerprint density at radius 1 is 1.58 bits per heavy atom. The molecule has 0 bridgehead atoms. The van der Waals surface area contributed by atoms with Crippen LogP contribution in [-0.4, -0.2) is 12.1 Å². The summed E-state index contributed by atoms with van der Waals surface area (Å²) in [6, 6.07) is 2.86. The van der Waals surface area contributed by atoms with Gasteiger partial charge < -0.3 is 0 Å². The fourth-order valence-electron chi connectivity index (χ4n) is 1.64. The second-order valence-corrected chi connectivity index (χ2v) is 3.74. The predicted molar refractivity (Wildman–Crippen MR) is 49.6 cm³/mol. The molecule has 0 aromatic rings. The van der Waals surface area contributed by atoms with E-state index in [2.05, 4.69) is 18.3 Å². The maximum Gasteiger partial charge on any atom is 0.0952 e. The van der Waals surface area contributed by atoms with Crippen molar-refractivity contribution in [3.8, 4) is 6.07 Å². The van der Waals surface area contributed by atoms with Gasteiger partial charge in [0.05, 0.1) is 12.1 Å². The van der Waals surface area contributed by atoms with Crippen LogP contribution in [0.15, 0.2) is 0 Å². The van der Waals surface area contributed by atoms with E-state index in [1.54, 1.807) is 0 Å². The Hall–Kier alpha value is -0.550. The van der Waals surface area contributed by atoms with Gasteiger partial charge in [-0.05, 0) is 32.1 Å². The molecule has 1 aliphatic carbocycles. The SMILES string of the molecule is CCC(C#N)NC(C)C1CCC1. The molecular formula is C10H18N2. The molecule has 0 spiro atoms. The highest BCUT2D eigenvalue weighted by molar-refractivity contribution is 4.92. The van der Waals surface area contributed by atoms with Crippen molar-refractivity contribution in [2.24, 2.45) is 5.92 Å². The van der Waals surface area contributed by atoms with Gasteiger partial charge in [0.25, 0.3) is 0 Å². The topological polar surface area (TPSA) is 35.8 Å². The molecule has 0 radical (unpaired) electrons. The summed E-state index contributed by atoms with van der Waals surface area (Å²) < 4.78 is 0. The van der Waals surface area contributed by atoms with Crippen LogP contribution in [0.25, 0.3) is 0 Å². The molecule has 0 saturated heterocycles. The molecule has 0 aromatic heterocycles. The van der Waals surface area contributed by atoms with E-state index in [-0.39, 0.29) is 6.04 Å². The Bertz CT molecular complexity index is 167. The number of nitrogens with zero attached hydrogens (tertiary/aromatic N) is 1. The third-order valence-electron chi connectivity index (χ3n) is 2.89. The molecule has 1 N–H and O–H groups in total. The highest BCUT2D eigenvalue weighted by Crippen LogP contribution is 2.29. The van der Waals surface area contributed by atoms with Crippen molar-refractivity contribution < 1.29 is 0 Å². The van der Waals surface area contributed by atoms with Crippen LogP contribution >= 0.6 is 0 Å². The van der Waals surface area contributed by atoms with Crippen LogP contribution in [0, 0.1) is 17.2 Å². The first-order chi connectivity index (χ1) is 5.77. The van der Waals surface area contributed by atoms with E-state index in [0.717, 1.165) is 12.3 Å². The third kappa shape index (κ3) is 2.22. The summed E-state index contributed by atoms with van der Waals surface area (Å²) in [6.45, 7) is 4.25. The van der Waals surface area contributed by atoms with Crippen LogP contribution in [0.3, 0.4) is 0 Å². The quantitative estimate of drug-likeness (QED) is 0.694. The number of hydrogen-bond donors (Lipinski definition) is 1. The highest BCUT2D eigenvalue weighted by Gasteiger charge is 2.24. The summed E-state index contributed by atoms with van der Waals surface area (Å²) in [6.07, 6.45) is 4.97. The van der Waals surface area contributed by atoms with Gasteiger partial charge in [0, 0.05) is 6.04 Å². The number of rotatable bonds is 4. The molecule has 0 heterocycles. The van der Waals surface area contributed by atoms with E-state index in [1.165, 1.54) is 19.3 Å². The van der Waals surface area contributed by atoms with Gasteiger partial charge in [0.1, 0.15) is 0 Å². The first-order valence-corrected chi connectivity index (χ1v) is 4.93. The molecule has 68 valence electrons. The molecule has 12 heavy (non-hydrogen) atoms. The van der Waals surface area contributed by atoms with Gasteiger partial charge in [0.2, 0.25) is 0 Å². The Balaban J connectivity index is 2.24. The van der Waals surface area contributed by atoms with Crippen molar-refractivity contribution in [3.05, 3.63) is 0 Å². The lowest BCUT2D eigenvalue weighted by atomic mass is 9.80. The minimum absolute atomic E-state index is 0.0561. The van der Waals surface area contributed by atoms with E-state index < -0.39 is 0 Å². The molecule has 1 rings (SSSR count). The van der Waals surface area contributed by atoms with Gasteiger partial charge >= 0.3 is 0 Å². The molecule has 1 saturated carbocycles. The summed E-state index contributed by atoms with van der Waals surface area (Å²) in [7, 11) is 0. The van der Waals surface area contributed by atoms with Crippen LogP contribution < -0.4 is 5.32 Å². The summed E-state index contributed by atoms with van der Waals surface area (Å²) >= 11 is 0. The molecule has 0 aliphatic heterocycles. The summed E-state index contributed by atoms with van der Waals surface area (Å²) in [5.74, 6) is 0.826. The Kier molecular flexibility index (Phi) is 3.55. The fraction of sp³-hybridized carbons (Fsp3) is 0.900. The summed E-state index contributed by atoms with van der Waals surface area (Å²) in [5, 5.41) is 12.1. The van der Waals surface area contributed by atoms with Gasteiger partial charge in [-0.3, -0.25) is 5.32 Å². The standard InChI is InChI=1S/C10H18N2/c1-3-10(7-11)12-8(2)9-5-4-6-9/h8-10,12H,3-6H2,1-2H3. The smallest absolute Gasteiger partial charge is 0.0952 e. The van der Waals surface area contributed by atoms with E-state index in [1.807, 2.05) is 6.92 Å². The second-order valence-electron chi connectivity index (χ2n) is 3.74. The van der Waals surface area contributed by atoms with Crippen molar-refractivity contribution in [2.45, 2.75) is 51.6 Å². The maximum absolute atomic E-state index is 8.73. The summed E-state index contributed by atoms with van der Waals surface area (Å²) in [4.78, 5) is 0. The van der Waals surface area contributed by atoms with Crippen LogP contribution in [0.4, 0.5) is 0 Å². The van der Waals surface area contributed by atoms with Gasteiger partial charge in [-0.25, -0.2) is 0 Å². The number of hydrogen-bond acceptors (Lipinski definition) is 2. The van der Waals surface area contributed by atoms with Crippen LogP contribution in [0.5, 0.6) is 0 Å². The molecule has 2 heteroatoms.